The maximum absolute atomic E-state index is 2.86. The number of alkyl halides is 2. The van der Waals surface area contributed by atoms with Crippen molar-refractivity contribution in [2.24, 2.45) is 5.41 Å². The Balaban J connectivity index is 2.15. The molecule has 15 heavy (non-hydrogen) atoms. The van der Waals surface area contributed by atoms with E-state index in [4.69, 9.17) is 0 Å². The van der Waals surface area contributed by atoms with E-state index < -0.39 is 0 Å². The molecule has 2 saturated carbocycles. The molecule has 0 radical (unpaired) electrons. The van der Waals surface area contributed by atoms with E-state index in [9.17, 15) is 0 Å². The third-order valence-corrected chi connectivity index (χ3v) is 8.35. The summed E-state index contributed by atoms with van der Waals surface area (Å²) in [5, 5.41) is 0. The van der Waals surface area contributed by atoms with E-state index in [2.05, 4.69) is 45.2 Å². The zero-order valence-corrected chi connectivity index (χ0v) is 13.8. The van der Waals surface area contributed by atoms with Crippen LogP contribution in [0.1, 0.15) is 64.2 Å². The predicted octanol–water partition coefficient (Wildman–Crippen LogP) is 5.51. The van der Waals surface area contributed by atoms with E-state index in [0.29, 0.717) is 8.84 Å². The van der Waals surface area contributed by atoms with Crippen molar-refractivity contribution in [2.45, 2.75) is 67.6 Å². The fourth-order valence-electron chi connectivity index (χ4n) is 3.57. The molecule has 0 unspecified atom stereocenters. The normalized spacial score (nSPS) is 30.0. The van der Waals surface area contributed by atoms with Crippen LogP contribution in [0.5, 0.6) is 0 Å². The minimum absolute atomic E-state index is 0.657. The molecule has 2 rings (SSSR count). The summed E-state index contributed by atoms with van der Waals surface area (Å²) in [5.74, 6) is 0. The Morgan fingerprint density at radius 2 is 1.20 bits per heavy atom. The van der Waals surface area contributed by atoms with Gasteiger partial charge in [0, 0.05) is 7.85 Å². The Labute approximate surface area is 122 Å². The Bertz CT molecular complexity index is 201. The highest BCUT2D eigenvalue weighted by atomic mass is 127. The van der Waals surface area contributed by atoms with Gasteiger partial charge in [0.25, 0.3) is 0 Å². The van der Waals surface area contributed by atoms with Crippen molar-refractivity contribution in [2.75, 3.05) is 4.43 Å². The molecule has 0 aromatic rings. The third-order valence-electron chi connectivity index (χ3n) is 4.66. The molecule has 0 amide bonds. The van der Waals surface area contributed by atoms with Crippen molar-refractivity contribution >= 4 is 45.2 Å². The van der Waals surface area contributed by atoms with Crippen molar-refractivity contribution < 1.29 is 0 Å². The Hall–Kier alpha value is 1.46. The molecule has 0 saturated heterocycles. The largest absolute Gasteiger partial charge is 0.0857 e. The van der Waals surface area contributed by atoms with Gasteiger partial charge >= 0.3 is 0 Å². The van der Waals surface area contributed by atoms with Crippen LogP contribution in [0.2, 0.25) is 0 Å². The van der Waals surface area contributed by atoms with Crippen LogP contribution in [0.3, 0.4) is 0 Å². The Morgan fingerprint density at radius 3 is 1.67 bits per heavy atom. The molecule has 88 valence electrons. The van der Waals surface area contributed by atoms with Crippen LogP contribution < -0.4 is 0 Å². The van der Waals surface area contributed by atoms with Crippen molar-refractivity contribution in [1.82, 2.24) is 0 Å². The standard InChI is InChI=1S/C13H22I2/c14-11-12(7-3-1-4-8-12)13(15)9-5-2-6-10-13/h1-11H2. The molecule has 0 spiro atoms. The van der Waals surface area contributed by atoms with Gasteiger partial charge in [-0.3, -0.25) is 0 Å². The number of halogens is 2. The molecule has 0 atom stereocenters. The lowest BCUT2D eigenvalue weighted by Gasteiger charge is -2.51. The second-order valence-electron chi connectivity index (χ2n) is 5.50. The maximum Gasteiger partial charge on any atom is 0.0285 e. The van der Waals surface area contributed by atoms with Crippen LogP contribution in [0, 0.1) is 5.41 Å². The summed E-state index contributed by atoms with van der Waals surface area (Å²) in [5.41, 5.74) is 0.701. The fourth-order valence-corrected chi connectivity index (χ4v) is 7.29. The summed E-state index contributed by atoms with van der Waals surface area (Å²) in [7, 11) is 0. The van der Waals surface area contributed by atoms with Gasteiger partial charge in [0.2, 0.25) is 0 Å². The van der Waals surface area contributed by atoms with Crippen molar-refractivity contribution in [3.05, 3.63) is 0 Å². The summed E-state index contributed by atoms with van der Waals surface area (Å²) < 4.78 is 2.05. The van der Waals surface area contributed by atoms with Gasteiger partial charge in [0.1, 0.15) is 0 Å². The van der Waals surface area contributed by atoms with Crippen LogP contribution in [-0.4, -0.2) is 7.85 Å². The topological polar surface area (TPSA) is 0 Å². The minimum atomic E-state index is 0.657. The summed E-state index contributed by atoms with van der Waals surface area (Å²) in [4.78, 5) is 0. The van der Waals surface area contributed by atoms with Gasteiger partial charge in [-0.1, -0.05) is 83.7 Å². The van der Waals surface area contributed by atoms with E-state index in [-0.39, 0.29) is 0 Å². The maximum atomic E-state index is 2.86. The molecule has 0 bridgehead atoms. The van der Waals surface area contributed by atoms with Crippen LogP contribution in [0.15, 0.2) is 0 Å². The SMILES string of the molecule is ICC1(C2(I)CCCCC2)CCCCC1. The molecule has 0 heterocycles. The van der Waals surface area contributed by atoms with Gasteiger partial charge in [-0.2, -0.15) is 0 Å². The van der Waals surface area contributed by atoms with E-state index in [1.807, 2.05) is 0 Å². The lowest BCUT2D eigenvalue weighted by Crippen LogP contribution is -2.47. The van der Waals surface area contributed by atoms with Crippen LogP contribution in [0.25, 0.3) is 0 Å². The second-order valence-corrected chi connectivity index (χ2v) is 8.33. The zero-order valence-electron chi connectivity index (χ0n) is 9.53. The molecule has 0 aromatic heterocycles. The third kappa shape index (κ3) is 2.50. The molecule has 0 aromatic carbocycles. The molecular formula is C13H22I2. The first-order chi connectivity index (χ1) is 7.22. The minimum Gasteiger partial charge on any atom is -0.0857 e. The van der Waals surface area contributed by atoms with Gasteiger partial charge in [-0.15, -0.1) is 0 Å². The molecule has 2 fully saturated rings. The zero-order chi connectivity index (χ0) is 10.8. The summed E-state index contributed by atoms with van der Waals surface area (Å²) in [6.07, 6.45) is 15.0. The smallest absolute Gasteiger partial charge is 0.0285 e. The van der Waals surface area contributed by atoms with Crippen LogP contribution >= 0.6 is 45.2 Å². The molecule has 0 N–H and O–H groups in total. The molecule has 0 aliphatic heterocycles. The van der Waals surface area contributed by atoms with Crippen LogP contribution in [0.4, 0.5) is 0 Å². The lowest BCUT2D eigenvalue weighted by molar-refractivity contribution is 0.136. The molecule has 2 aliphatic rings. The second kappa shape index (κ2) is 5.40. The predicted molar refractivity (Wildman–Crippen MR) is 84.2 cm³/mol. The van der Waals surface area contributed by atoms with Gasteiger partial charge in [-0.05, 0) is 31.1 Å². The quantitative estimate of drug-likeness (QED) is 0.399. The van der Waals surface area contributed by atoms with Gasteiger partial charge < -0.3 is 0 Å². The molecule has 0 nitrogen and oxygen atoms in total. The first-order valence-electron chi connectivity index (χ1n) is 6.47. The average Bonchev–Trinajstić information content (AvgIpc) is 2.31. The summed E-state index contributed by atoms with van der Waals surface area (Å²) in [6, 6.07) is 0. The number of hydrogen-bond donors (Lipinski definition) is 0. The highest BCUT2D eigenvalue weighted by Crippen LogP contribution is 2.56. The molecule has 2 heteroatoms. The van der Waals surface area contributed by atoms with E-state index in [1.54, 1.807) is 0 Å². The van der Waals surface area contributed by atoms with Crippen molar-refractivity contribution in [3.63, 3.8) is 0 Å². The first-order valence-corrected chi connectivity index (χ1v) is 9.08. The van der Waals surface area contributed by atoms with E-state index in [1.165, 1.54) is 68.6 Å². The highest BCUT2D eigenvalue weighted by Gasteiger charge is 2.48. The summed E-state index contributed by atoms with van der Waals surface area (Å²) in [6.45, 7) is 0. The molecule has 2 aliphatic carbocycles. The Kier molecular flexibility index (Phi) is 4.65. The Morgan fingerprint density at radius 1 is 0.733 bits per heavy atom. The lowest BCUT2D eigenvalue weighted by atomic mass is 9.63. The van der Waals surface area contributed by atoms with Gasteiger partial charge in [-0.25, -0.2) is 0 Å². The van der Waals surface area contributed by atoms with Crippen LogP contribution in [-0.2, 0) is 0 Å². The first kappa shape index (κ1) is 12.9. The molecular weight excluding hydrogens is 410 g/mol. The van der Waals surface area contributed by atoms with Gasteiger partial charge in [0.15, 0.2) is 0 Å². The van der Waals surface area contributed by atoms with Crippen molar-refractivity contribution in [3.8, 4) is 0 Å². The van der Waals surface area contributed by atoms with Crippen molar-refractivity contribution in [1.29, 1.82) is 0 Å². The van der Waals surface area contributed by atoms with E-state index >= 15 is 0 Å². The van der Waals surface area contributed by atoms with Gasteiger partial charge in [0.05, 0.1) is 0 Å². The highest BCUT2D eigenvalue weighted by molar-refractivity contribution is 14.1. The number of rotatable bonds is 2. The fraction of sp³-hybridized carbons (Fsp3) is 1.00. The van der Waals surface area contributed by atoms with E-state index in [0.717, 1.165) is 0 Å². The average molecular weight is 432 g/mol. The number of hydrogen-bond acceptors (Lipinski definition) is 0. The summed E-state index contributed by atoms with van der Waals surface area (Å²) >= 11 is 5.52. The monoisotopic (exact) mass is 432 g/mol.